The third-order valence-electron chi connectivity index (χ3n) is 5.97. The Kier molecular flexibility index (Phi) is 5.20. The molecule has 6 nitrogen and oxygen atoms in total. The number of carbonyl (C=O) groups excluding carboxylic acids is 3. The topological polar surface area (TPSA) is 77.9 Å². The Balaban J connectivity index is 1.45. The van der Waals surface area contributed by atoms with Gasteiger partial charge in [-0.1, -0.05) is 24.3 Å². The van der Waals surface area contributed by atoms with E-state index in [-0.39, 0.29) is 29.8 Å². The van der Waals surface area contributed by atoms with Crippen molar-refractivity contribution in [2.45, 2.75) is 38.1 Å². The zero-order chi connectivity index (χ0) is 20.5. The largest absolute Gasteiger partial charge is 0.508 e. The van der Waals surface area contributed by atoms with Crippen LogP contribution in [0.5, 0.6) is 5.75 Å². The molecule has 2 aromatic rings. The number of rotatable bonds is 4. The summed E-state index contributed by atoms with van der Waals surface area (Å²) in [6.07, 6.45) is 1.98. The summed E-state index contributed by atoms with van der Waals surface area (Å²) in [6.45, 7) is 2.96. The molecule has 0 bridgehead atoms. The number of benzene rings is 2. The normalized spacial score (nSPS) is 21.0. The molecule has 1 atom stereocenters. The van der Waals surface area contributed by atoms with Gasteiger partial charge >= 0.3 is 0 Å². The van der Waals surface area contributed by atoms with Crippen LogP contribution in [0.4, 0.5) is 5.69 Å². The first-order chi connectivity index (χ1) is 13.9. The highest BCUT2D eigenvalue weighted by molar-refractivity contribution is 6.22. The third-order valence-corrected chi connectivity index (χ3v) is 5.97. The van der Waals surface area contributed by atoms with E-state index in [1.165, 1.54) is 17.4 Å². The Hall–Kier alpha value is -2.99. The summed E-state index contributed by atoms with van der Waals surface area (Å²) in [4.78, 5) is 40.6. The lowest BCUT2D eigenvalue weighted by Gasteiger charge is -2.35. The van der Waals surface area contributed by atoms with Gasteiger partial charge in [-0.2, -0.15) is 0 Å². The summed E-state index contributed by atoms with van der Waals surface area (Å²) in [5.41, 5.74) is 2.15. The zero-order valence-corrected chi connectivity index (χ0v) is 16.4. The van der Waals surface area contributed by atoms with Crippen LogP contribution in [-0.2, 0) is 9.59 Å². The molecule has 1 unspecified atom stereocenters. The highest BCUT2D eigenvalue weighted by Gasteiger charge is 2.43. The van der Waals surface area contributed by atoms with Crippen LogP contribution in [-0.4, -0.2) is 46.7 Å². The Labute approximate surface area is 169 Å². The molecule has 2 heterocycles. The quantitative estimate of drug-likeness (QED) is 0.639. The van der Waals surface area contributed by atoms with Crippen molar-refractivity contribution < 1.29 is 19.5 Å². The fourth-order valence-electron chi connectivity index (χ4n) is 4.33. The number of phenols is 1. The van der Waals surface area contributed by atoms with Crippen molar-refractivity contribution in [3.05, 3.63) is 59.7 Å². The summed E-state index contributed by atoms with van der Waals surface area (Å²) >= 11 is 0. The Morgan fingerprint density at radius 2 is 1.72 bits per heavy atom. The Morgan fingerprint density at radius 1 is 1.03 bits per heavy atom. The van der Waals surface area contributed by atoms with Crippen molar-refractivity contribution in [2.75, 3.05) is 18.0 Å². The van der Waals surface area contributed by atoms with Crippen molar-refractivity contribution in [3.8, 4) is 5.75 Å². The second-order valence-electron chi connectivity index (χ2n) is 7.80. The molecule has 0 spiro atoms. The Bertz CT molecular complexity index is 946. The number of phenolic OH excluding ortho intramolecular Hbond substituents is 1. The Morgan fingerprint density at radius 3 is 2.38 bits per heavy atom. The van der Waals surface area contributed by atoms with Crippen molar-refractivity contribution in [3.63, 3.8) is 0 Å². The first kappa shape index (κ1) is 19.3. The van der Waals surface area contributed by atoms with Crippen LogP contribution in [0.25, 0.3) is 0 Å². The van der Waals surface area contributed by atoms with Crippen molar-refractivity contribution in [1.82, 2.24) is 4.90 Å². The standard InChI is InChI=1S/C23H24N2O4/c1-15(26)18-3-2-4-19(13-18)25-22(28)14-21(23(25)29)24-11-9-17(10-12-24)16-5-7-20(27)8-6-16/h2-8,13,17,21,27H,9-12,14H2,1H3. The summed E-state index contributed by atoms with van der Waals surface area (Å²) in [5.74, 6) is 0.122. The van der Waals surface area contributed by atoms with Gasteiger partial charge in [-0.15, -0.1) is 0 Å². The lowest BCUT2D eigenvalue weighted by atomic mass is 9.89. The van der Waals surface area contributed by atoms with Crippen molar-refractivity contribution >= 4 is 23.3 Å². The smallest absolute Gasteiger partial charge is 0.251 e. The number of nitrogens with zero attached hydrogens (tertiary/aromatic N) is 2. The summed E-state index contributed by atoms with van der Waals surface area (Å²) in [6, 6.07) is 13.5. The van der Waals surface area contributed by atoms with Gasteiger partial charge < -0.3 is 5.11 Å². The zero-order valence-electron chi connectivity index (χ0n) is 16.4. The highest BCUT2D eigenvalue weighted by atomic mass is 16.3. The molecule has 29 heavy (non-hydrogen) atoms. The fraction of sp³-hybridized carbons (Fsp3) is 0.348. The number of amides is 2. The molecular weight excluding hydrogens is 368 g/mol. The molecular formula is C23H24N2O4. The minimum absolute atomic E-state index is 0.0983. The number of hydrogen-bond donors (Lipinski definition) is 1. The summed E-state index contributed by atoms with van der Waals surface area (Å²) in [7, 11) is 0. The van der Waals surface area contributed by atoms with Gasteiger partial charge in [-0.05, 0) is 68.6 Å². The molecule has 0 radical (unpaired) electrons. The summed E-state index contributed by atoms with van der Waals surface area (Å²) in [5, 5.41) is 9.46. The van der Waals surface area contributed by atoms with Crippen LogP contribution in [0.3, 0.4) is 0 Å². The SMILES string of the molecule is CC(=O)c1cccc(N2C(=O)CC(N3CCC(c4ccc(O)cc4)CC3)C2=O)c1. The molecule has 2 aliphatic heterocycles. The van der Waals surface area contributed by atoms with Gasteiger partial charge in [0, 0.05) is 5.56 Å². The van der Waals surface area contributed by atoms with E-state index in [2.05, 4.69) is 4.90 Å². The molecule has 0 aliphatic carbocycles. The maximum atomic E-state index is 13.0. The molecule has 0 aromatic heterocycles. The molecule has 6 heteroatoms. The summed E-state index contributed by atoms with van der Waals surface area (Å²) < 4.78 is 0. The fourth-order valence-corrected chi connectivity index (χ4v) is 4.33. The molecule has 2 aliphatic rings. The second-order valence-corrected chi connectivity index (χ2v) is 7.80. The number of likely N-dealkylation sites (tertiary alicyclic amines) is 1. The molecule has 0 saturated carbocycles. The van der Waals surface area contributed by atoms with Crippen molar-refractivity contribution in [2.24, 2.45) is 0 Å². The van der Waals surface area contributed by atoms with Gasteiger partial charge in [-0.25, -0.2) is 4.90 Å². The van der Waals surface area contributed by atoms with Crippen molar-refractivity contribution in [1.29, 1.82) is 0 Å². The van der Waals surface area contributed by atoms with E-state index in [1.807, 2.05) is 12.1 Å². The molecule has 4 rings (SSSR count). The molecule has 2 amide bonds. The minimum atomic E-state index is -0.441. The average molecular weight is 392 g/mol. The number of Topliss-reactive ketones (excluding diaryl/α,β-unsaturated/α-hetero) is 1. The third kappa shape index (κ3) is 3.80. The molecule has 1 N–H and O–H groups in total. The number of carbonyl (C=O) groups is 3. The predicted molar refractivity (Wildman–Crippen MR) is 109 cm³/mol. The van der Waals surface area contributed by atoms with E-state index in [9.17, 15) is 19.5 Å². The monoisotopic (exact) mass is 392 g/mol. The number of ketones is 1. The predicted octanol–water partition coefficient (Wildman–Crippen LogP) is 3.11. The van der Waals surface area contributed by atoms with Crippen LogP contribution < -0.4 is 4.90 Å². The van der Waals surface area contributed by atoms with E-state index < -0.39 is 6.04 Å². The van der Waals surface area contributed by atoms with Crippen LogP contribution in [0, 0.1) is 0 Å². The van der Waals surface area contributed by atoms with Crippen LogP contribution in [0.2, 0.25) is 0 Å². The molecule has 2 saturated heterocycles. The van der Waals surface area contributed by atoms with E-state index in [0.717, 1.165) is 25.9 Å². The van der Waals surface area contributed by atoms with Gasteiger partial charge in [0.15, 0.2) is 5.78 Å². The molecule has 150 valence electrons. The first-order valence-electron chi connectivity index (χ1n) is 9.95. The number of imide groups is 1. The lowest BCUT2D eigenvalue weighted by molar-refractivity contribution is -0.123. The van der Waals surface area contributed by atoms with Crippen LogP contribution >= 0.6 is 0 Å². The van der Waals surface area contributed by atoms with Crippen LogP contribution in [0.15, 0.2) is 48.5 Å². The van der Waals surface area contributed by atoms with Gasteiger partial charge in [0.1, 0.15) is 5.75 Å². The van der Waals surface area contributed by atoms with E-state index >= 15 is 0 Å². The maximum absolute atomic E-state index is 13.0. The highest BCUT2D eigenvalue weighted by Crippen LogP contribution is 2.33. The van der Waals surface area contributed by atoms with E-state index in [0.29, 0.717) is 17.2 Å². The lowest BCUT2D eigenvalue weighted by Crippen LogP contribution is -2.45. The van der Waals surface area contributed by atoms with E-state index in [4.69, 9.17) is 0 Å². The number of anilines is 1. The number of piperidine rings is 1. The minimum Gasteiger partial charge on any atom is -0.508 e. The first-order valence-corrected chi connectivity index (χ1v) is 9.95. The maximum Gasteiger partial charge on any atom is 0.251 e. The van der Waals surface area contributed by atoms with Gasteiger partial charge in [0.05, 0.1) is 18.2 Å². The number of hydrogen-bond acceptors (Lipinski definition) is 5. The molecule has 2 fully saturated rings. The van der Waals surface area contributed by atoms with Crippen LogP contribution in [0.1, 0.15) is 48.0 Å². The van der Waals surface area contributed by atoms with E-state index in [1.54, 1.807) is 36.4 Å². The average Bonchev–Trinajstić information content (AvgIpc) is 3.03. The molecule has 2 aromatic carbocycles. The van der Waals surface area contributed by atoms with Gasteiger partial charge in [0.25, 0.3) is 5.91 Å². The van der Waals surface area contributed by atoms with Gasteiger partial charge in [0.2, 0.25) is 5.91 Å². The second kappa shape index (κ2) is 7.79. The van der Waals surface area contributed by atoms with Gasteiger partial charge in [-0.3, -0.25) is 19.3 Å². The number of aromatic hydroxyl groups is 1.